The lowest BCUT2D eigenvalue weighted by Gasteiger charge is -2.33. The summed E-state index contributed by atoms with van der Waals surface area (Å²) in [5.41, 5.74) is 0.214. The van der Waals surface area contributed by atoms with Crippen LogP contribution in [-0.2, 0) is 19.1 Å². The summed E-state index contributed by atoms with van der Waals surface area (Å²) in [5.74, 6) is -4.08. The molecule has 0 N–H and O–H groups in total. The fourth-order valence-corrected chi connectivity index (χ4v) is 4.25. The van der Waals surface area contributed by atoms with Crippen molar-refractivity contribution in [2.75, 3.05) is 6.61 Å². The van der Waals surface area contributed by atoms with Crippen LogP contribution in [0.4, 0.5) is 0 Å². The molecule has 0 amide bonds. The normalized spacial score (nSPS) is 21.3. The molecule has 1 fully saturated rings. The van der Waals surface area contributed by atoms with Gasteiger partial charge in [-0.05, 0) is 38.5 Å². The monoisotopic (exact) mass is 458 g/mol. The van der Waals surface area contributed by atoms with Gasteiger partial charge in [-0.3, -0.25) is 14.4 Å². The molecule has 2 aromatic carbocycles. The zero-order valence-electron chi connectivity index (χ0n) is 16.6. The average molecular weight is 459 g/mol. The molecule has 0 saturated carbocycles. The van der Waals surface area contributed by atoms with Crippen LogP contribution in [0.25, 0.3) is 0 Å². The summed E-state index contributed by atoms with van der Waals surface area (Å²) in [7, 11) is 0. The number of rotatable bonds is 6. The number of hydrogen-bond donors (Lipinski definition) is 0. The minimum absolute atomic E-state index is 0.145. The Hall–Kier alpha value is -2.47. The second-order valence-corrected chi connectivity index (χ2v) is 8.46. The van der Waals surface area contributed by atoms with Crippen LogP contribution in [0.5, 0.6) is 0 Å². The zero-order valence-corrected chi connectivity index (χ0v) is 18.1. The lowest BCUT2D eigenvalue weighted by molar-refractivity contribution is -0.157. The van der Waals surface area contributed by atoms with Crippen LogP contribution in [0.2, 0.25) is 0 Å². The van der Waals surface area contributed by atoms with Crippen molar-refractivity contribution in [3.63, 3.8) is 0 Å². The van der Waals surface area contributed by atoms with Crippen LogP contribution in [0.1, 0.15) is 42.6 Å². The standard InChI is InChI=1S/C23H23BrO5/c1-4-28-21(26)18-19(23(2,3)29-22(18)27)17(14-8-6-5-7-9-14)20(25)15-10-12-16(24)13-11-15/h5-13,17-19H,4H2,1-3H3/t17-,18+,19-/m0/s1. The molecule has 1 saturated heterocycles. The van der Waals surface area contributed by atoms with Gasteiger partial charge in [0.25, 0.3) is 0 Å². The van der Waals surface area contributed by atoms with Gasteiger partial charge < -0.3 is 9.47 Å². The van der Waals surface area contributed by atoms with Gasteiger partial charge in [-0.1, -0.05) is 58.4 Å². The fraction of sp³-hybridized carbons (Fsp3) is 0.348. The molecular formula is C23H23BrO5. The lowest BCUT2D eigenvalue weighted by Crippen LogP contribution is -2.41. The topological polar surface area (TPSA) is 69.7 Å². The predicted molar refractivity (Wildman–Crippen MR) is 111 cm³/mol. The van der Waals surface area contributed by atoms with E-state index in [4.69, 9.17) is 9.47 Å². The molecule has 0 unspecified atom stereocenters. The van der Waals surface area contributed by atoms with E-state index in [0.717, 1.165) is 10.0 Å². The number of ketones is 1. The minimum atomic E-state index is -1.16. The first-order valence-corrected chi connectivity index (χ1v) is 10.3. The minimum Gasteiger partial charge on any atom is -0.465 e. The molecule has 0 spiro atoms. The first-order valence-electron chi connectivity index (χ1n) is 9.50. The van der Waals surface area contributed by atoms with Gasteiger partial charge in [0.1, 0.15) is 5.60 Å². The van der Waals surface area contributed by atoms with Crippen molar-refractivity contribution in [2.45, 2.75) is 32.3 Å². The molecule has 0 aromatic heterocycles. The van der Waals surface area contributed by atoms with Crippen molar-refractivity contribution < 1.29 is 23.9 Å². The molecule has 1 aliphatic heterocycles. The highest BCUT2D eigenvalue weighted by atomic mass is 79.9. The Kier molecular flexibility index (Phi) is 6.22. The Balaban J connectivity index is 2.13. The average Bonchev–Trinajstić information content (AvgIpc) is 2.92. The molecule has 5 nitrogen and oxygen atoms in total. The molecule has 1 aliphatic rings. The van der Waals surface area contributed by atoms with Crippen molar-refractivity contribution in [3.05, 3.63) is 70.2 Å². The quantitative estimate of drug-likeness (QED) is 0.360. The third kappa shape index (κ3) is 4.27. The Bertz CT molecular complexity index is 905. The molecular weight excluding hydrogens is 436 g/mol. The number of ether oxygens (including phenoxy) is 2. The molecule has 0 radical (unpaired) electrons. The zero-order chi connectivity index (χ0) is 21.2. The van der Waals surface area contributed by atoms with Gasteiger partial charge in [-0.15, -0.1) is 0 Å². The van der Waals surface area contributed by atoms with Crippen LogP contribution in [-0.4, -0.2) is 29.9 Å². The van der Waals surface area contributed by atoms with Gasteiger partial charge in [0, 0.05) is 16.0 Å². The molecule has 29 heavy (non-hydrogen) atoms. The van der Waals surface area contributed by atoms with Crippen molar-refractivity contribution >= 4 is 33.7 Å². The van der Waals surface area contributed by atoms with E-state index < -0.39 is 35.3 Å². The highest BCUT2D eigenvalue weighted by Crippen LogP contribution is 2.47. The third-order valence-corrected chi connectivity index (χ3v) is 5.78. The Morgan fingerprint density at radius 3 is 2.31 bits per heavy atom. The van der Waals surface area contributed by atoms with E-state index >= 15 is 0 Å². The largest absolute Gasteiger partial charge is 0.465 e. The van der Waals surface area contributed by atoms with Crippen LogP contribution in [0, 0.1) is 11.8 Å². The highest BCUT2D eigenvalue weighted by molar-refractivity contribution is 9.10. The SMILES string of the molecule is CCOC(=O)[C@@H]1C(=O)OC(C)(C)[C@H]1[C@@H](C(=O)c1ccc(Br)cc1)c1ccccc1. The van der Waals surface area contributed by atoms with Gasteiger partial charge in [0.15, 0.2) is 11.7 Å². The van der Waals surface area contributed by atoms with E-state index in [1.807, 2.05) is 30.3 Å². The van der Waals surface area contributed by atoms with Crippen LogP contribution < -0.4 is 0 Å². The first-order chi connectivity index (χ1) is 13.8. The van der Waals surface area contributed by atoms with Gasteiger partial charge in [-0.25, -0.2) is 0 Å². The van der Waals surface area contributed by atoms with Gasteiger partial charge in [-0.2, -0.15) is 0 Å². The number of carbonyl (C=O) groups excluding carboxylic acids is 3. The van der Waals surface area contributed by atoms with E-state index in [0.29, 0.717) is 5.56 Å². The number of hydrogen-bond acceptors (Lipinski definition) is 5. The van der Waals surface area contributed by atoms with E-state index in [-0.39, 0.29) is 12.4 Å². The maximum absolute atomic E-state index is 13.6. The summed E-state index contributed by atoms with van der Waals surface area (Å²) in [5, 5.41) is 0. The maximum Gasteiger partial charge on any atom is 0.321 e. The van der Waals surface area contributed by atoms with Crippen LogP contribution in [0.15, 0.2) is 59.1 Å². The fourth-order valence-electron chi connectivity index (χ4n) is 3.98. The van der Waals surface area contributed by atoms with Crippen molar-refractivity contribution in [1.82, 2.24) is 0 Å². The summed E-state index contributed by atoms with van der Waals surface area (Å²) >= 11 is 3.38. The summed E-state index contributed by atoms with van der Waals surface area (Å²) in [6.45, 7) is 5.30. The Morgan fingerprint density at radius 1 is 1.10 bits per heavy atom. The van der Waals surface area contributed by atoms with E-state index in [2.05, 4.69) is 15.9 Å². The number of halogens is 1. The molecule has 152 valence electrons. The molecule has 0 bridgehead atoms. The molecule has 6 heteroatoms. The third-order valence-electron chi connectivity index (χ3n) is 5.25. The van der Waals surface area contributed by atoms with Crippen molar-refractivity contribution in [1.29, 1.82) is 0 Å². The van der Waals surface area contributed by atoms with Crippen molar-refractivity contribution in [2.24, 2.45) is 11.8 Å². The smallest absolute Gasteiger partial charge is 0.321 e. The first kappa shape index (κ1) is 21.2. The van der Waals surface area contributed by atoms with E-state index in [1.165, 1.54) is 0 Å². The lowest BCUT2D eigenvalue weighted by atomic mass is 9.69. The van der Waals surface area contributed by atoms with Crippen molar-refractivity contribution in [3.8, 4) is 0 Å². The number of esters is 2. The second-order valence-electron chi connectivity index (χ2n) is 7.54. The number of carbonyl (C=O) groups is 3. The van der Waals surface area contributed by atoms with Gasteiger partial charge in [0.2, 0.25) is 0 Å². The second kappa shape index (κ2) is 8.49. The summed E-state index contributed by atoms with van der Waals surface area (Å²) in [6, 6.07) is 16.2. The van der Waals surface area contributed by atoms with Crippen LogP contribution >= 0.6 is 15.9 Å². The highest BCUT2D eigenvalue weighted by Gasteiger charge is 2.58. The number of Topliss-reactive ketones (excluding diaryl/α,β-unsaturated/α-hetero) is 1. The number of benzene rings is 2. The van der Waals surface area contributed by atoms with E-state index in [1.54, 1.807) is 45.0 Å². The summed E-state index contributed by atoms with van der Waals surface area (Å²) in [4.78, 5) is 38.9. The number of cyclic esters (lactones) is 1. The van der Waals surface area contributed by atoms with E-state index in [9.17, 15) is 14.4 Å². The molecule has 3 atom stereocenters. The molecule has 3 rings (SSSR count). The summed E-state index contributed by atoms with van der Waals surface area (Å²) in [6.07, 6.45) is 0. The van der Waals surface area contributed by atoms with Gasteiger partial charge >= 0.3 is 11.9 Å². The van der Waals surface area contributed by atoms with Gasteiger partial charge in [0.05, 0.1) is 12.5 Å². The Morgan fingerprint density at radius 2 is 1.72 bits per heavy atom. The molecule has 0 aliphatic carbocycles. The predicted octanol–water partition coefficient (Wildman–Crippen LogP) is 4.55. The summed E-state index contributed by atoms with van der Waals surface area (Å²) < 4.78 is 11.6. The Labute approximate surface area is 178 Å². The van der Waals surface area contributed by atoms with Crippen LogP contribution in [0.3, 0.4) is 0 Å². The molecule has 1 heterocycles. The molecule has 2 aromatic rings. The maximum atomic E-state index is 13.6.